The van der Waals surface area contributed by atoms with Crippen LogP contribution < -0.4 is 20.1 Å². The Morgan fingerprint density at radius 2 is 1.84 bits per heavy atom. The van der Waals surface area contributed by atoms with Crippen LogP contribution in [0.1, 0.15) is 24.0 Å². The van der Waals surface area contributed by atoms with Crippen LogP contribution in [-0.2, 0) is 20.7 Å². The quantitative estimate of drug-likeness (QED) is 0.207. The summed E-state index contributed by atoms with van der Waals surface area (Å²) in [6, 6.07) is 18.9. The molecule has 3 aromatic carbocycles. The Morgan fingerprint density at radius 1 is 1.00 bits per heavy atom. The fourth-order valence-electron chi connectivity index (χ4n) is 3.72. The van der Waals surface area contributed by atoms with Gasteiger partial charge in [0, 0.05) is 23.9 Å². The van der Waals surface area contributed by atoms with Crippen LogP contribution in [-0.4, -0.2) is 37.7 Å². The van der Waals surface area contributed by atoms with Gasteiger partial charge in [0.15, 0.2) is 17.1 Å². The Bertz CT molecular complexity index is 1400. The van der Waals surface area contributed by atoms with Gasteiger partial charge in [-0.25, -0.2) is 0 Å². The summed E-state index contributed by atoms with van der Waals surface area (Å²) in [5.74, 6) is 0.515. The Morgan fingerprint density at radius 3 is 2.62 bits per heavy atom. The number of nitrogens with zero attached hydrogens (tertiary/aromatic N) is 1. The molecule has 0 fully saturated rings. The van der Waals surface area contributed by atoms with E-state index >= 15 is 0 Å². The fraction of sp³-hybridized carbons (Fsp3) is 0.250. The third-order valence-electron chi connectivity index (χ3n) is 5.66. The van der Waals surface area contributed by atoms with Gasteiger partial charge in [0.25, 0.3) is 6.01 Å². The van der Waals surface area contributed by atoms with Crippen LogP contribution in [0.15, 0.2) is 65.1 Å². The van der Waals surface area contributed by atoms with Crippen LogP contribution in [0.3, 0.4) is 0 Å². The molecule has 0 bridgehead atoms. The number of methoxy groups -OCH3 is 2. The lowest BCUT2D eigenvalue weighted by molar-refractivity contribution is -0.140. The molecule has 192 valence electrons. The number of aryl methyl sites for hydroxylation is 1. The predicted molar refractivity (Wildman–Crippen MR) is 141 cm³/mol. The first-order valence-corrected chi connectivity index (χ1v) is 11.8. The number of nitrogens with one attached hydrogen (secondary N) is 2. The lowest BCUT2D eigenvalue weighted by Gasteiger charge is -2.13. The molecule has 0 aliphatic heterocycles. The Labute approximate surface area is 214 Å². The second-order valence-corrected chi connectivity index (χ2v) is 8.38. The number of carbonyl (C=O) groups excluding carboxylic acids is 2. The van der Waals surface area contributed by atoms with E-state index in [-0.39, 0.29) is 24.7 Å². The highest BCUT2D eigenvalue weighted by molar-refractivity contribution is 5.93. The van der Waals surface area contributed by atoms with E-state index in [9.17, 15) is 9.59 Å². The molecule has 1 heterocycles. The van der Waals surface area contributed by atoms with Crippen molar-refractivity contribution in [1.82, 2.24) is 4.98 Å². The molecule has 0 spiro atoms. The number of hydrogen-bond donors (Lipinski definition) is 2. The summed E-state index contributed by atoms with van der Waals surface area (Å²) < 4.78 is 21.6. The van der Waals surface area contributed by atoms with E-state index in [0.717, 1.165) is 16.8 Å². The summed E-state index contributed by atoms with van der Waals surface area (Å²) in [6.07, 6.45) is 0.908. The van der Waals surface area contributed by atoms with Gasteiger partial charge in [0.05, 0.1) is 27.2 Å². The van der Waals surface area contributed by atoms with Crippen LogP contribution in [0.25, 0.3) is 11.1 Å². The Balaban J connectivity index is 1.38. The molecule has 0 saturated heterocycles. The molecular formula is C28H29N3O6. The maximum atomic E-state index is 12.7. The van der Waals surface area contributed by atoms with Crippen molar-refractivity contribution in [3.8, 4) is 11.5 Å². The molecule has 0 unspecified atom stereocenters. The van der Waals surface area contributed by atoms with E-state index < -0.39 is 0 Å². The van der Waals surface area contributed by atoms with Crippen molar-refractivity contribution < 1.29 is 28.2 Å². The third kappa shape index (κ3) is 6.78. The summed E-state index contributed by atoms with van der Waals surface area (Å²) in [4.78, 5) is 28.5. The normalized spacial score (nSPS) is 10.7. The third-order valence-corrected chi connectivity index (χ3v) is 5.66. The molecule has 0 saturated carbocycles. The highest BCUT2D eigenvalue weighted by atomic mass is 16.5. The largest absolute Gasteiger partial charge is 0.493 e. The monoisotopic (exact) mass is 503 g/mol. The summed E-state index contributed by atoms with van der Waals surface area (Å²) in [7, 11) is 2.89. The number of ether oxygens (including phenoxy) is 3. The van der Waals surface area contributed by atoms with E-state index in [2.05, 4.69) is 20.4 Å². The number of amides is 1. The van der Waals surface area contributed by atoms with Gasteiger partial charge in [-0.1, -0.05) is 24.3 Å². The number of carbonyl (C=O) groups is 2. The molecule has 0 radical (unpaired) electrons. The van der Waals surface area contributed by atoms with Crippen molar-refractivity contribution >= 4 is 40.4 Å². The van der Waals surface area contributed by atoms with Gasteiger partial charge in [-0.2, -0.15) is 4.98 Å². The van der Waals surface area contributed by atoms with E-state index in [4.69, 9.17) is 13.9 Å². The van der Waals surface area contributed by atoms with Gasteiger partial charge in [-0.3, -0.25) is 9.59 Å². The summed E-state index contributed by atoms with van der Waals surface area (Å²) in [5, 5.41) is 6.08. The number of benzene rings is 3. The first kappa shape index (κ1) is 25.6. The van der Waals surface area contributed by atoms with Crippen LogP contribution in [0.5, 0.6) is 11.5 Å². The van der Waals surface area contributed by atoms with Gasteiger partial charge in [0.1, 0.15) is 5.52 Å². The van der Waals surface area contributed by atoms with Gasteiger partial charge < -0.3 is 29.3 Å². The Kier molecular flexibility index (Phi) is 8.25. The molecule has 2 N–H and O–H groups in total. The first-order chi connectivity index (χ1) is 17.9. The SMILES string of the molecule is COC(=O)CCCOc1cc(NC(=O)Cc2ccc3nc(Nc4ccccc4C)oc3c2)ccc1OC. The van der Waals surface area contributed by atoms with Gasteiger partial charge in [-0.05, 0) is 54.8 Å². The zero-order valence-electron chi connectivity index (χ0n) is 21.0. The van der Waals surface area contributed by atoms with Crippen LogP contribution in [0, 0.1) is 6.92 Å². The minimum absolute atomic E-state index is 0.151. The van der Waals surface area contributed by atoms with E-state index in [0.29, 0.717) is 47.3 Å². The molecule has 1 aromatic heterocycles. The second kappa shape index (κ2) is 11.9. The molecule has 37 heavy (non-hydrogen) atoms. The number of para-hydroxylation sites is 1. The van der Waals surface area contributed by atoms with E-state index in [1.165, 1.54) is 14.2 Å². The summed E-state index contributed by atoms with van der Waals surface area (Å²) >= 11 is 0. The average molecular weight is 504 g/mol. The molecule has 1 amide bonds. The lowest BCUT2D eigenvalue weighted by Crippen LogP contribution is -2.14. The highest BCUT2D eigenvalue weighted by Crippen LogP contribution is 2.31. The predicted octanol–water partition coefficient (Wildman–Crippen LogP) is 5.40. The maximum absolute atomic E-state index is 12.7. The van der Waals surface area contributed by atoms with Crippen LogP contribution >= 0.6 is 0 Å². The number of esters is 1. The molecule has 0 atom stereocenters. The van der Waals surface area contributed by atoms with Gasteiger partial charge >= 0.3 is 5.97 Å². The van der Waals surface area contributed by atoms with E-state index in [1.807, 2.05) is 49.4 Å². The van der Waals surface area contributed by atoms with Gasteiger partial charge in [-0.15, -0.1) is 0 Å². The molecular weight excluding hydrogens is 474 g/mol. The van der Waals surface area contributed by atoms with Crippen molar-refractivity contribution in [3.63, 3.8) is 0 Å². The summed E-state index contributed by atoms with van der Waals surface area (Å²) in [6.45, 7) is 2.31. The average Bonchev–Trinajstić information content (AvgIpc) is 3.29. The zero-order valence-corrected chi connectivity index (χ0v) is 21.0. The molecule has 9 nitrogen and oxygen atoms in total. The molecule has 0 aliphatic carbocycles. The molecule has 4 rings (SSSR count). The molecule has 9 heteroatoms. The molecule has 0 aliphatic rings. The topological polar surface area (TPSA) is 112 Å². The maximum Gasteiger partial charge on any atom is 0.305 e. The molecule has 4 aromatic rings. The Hall–Kier alpha value is -4.53. The fourth-order valence-corrected chi connectivity index (χ4v) is 3.72. The highest BCUT2D eigenvalue weighted by Gasteiger charge is 2.12. The van der Waals surface area contributed by atoms with Crippen molar-refractivity contribution in [3.05, 3.63) is 71.8 Å². The zero-order chi connectivity index (χ0) is 26.2. The van der Waals surface area contributed by atoms with Crippen molar-refractivity contribution in [1.29, 1.82) is 0 Å². The minimum Gasteiger partial charge on any atom is -0.493 e. The lowest BCUT2D eigenvalue weighted by atomic mass is 10.1. The standard InChI is InChI=1S/C28H29N3O6/c1-18-7-4-5-8-21(18)30-28-31-22-12-10-19(15-24(22)37-28)16-26(32)29-20-11-13-23(34-2)25(17-20)36-14-6-9-27(33)35-3/h4-5,7-8,10-13,15,17H,6,9,14,16H2,1-3H3,(H,29,32)(H,30,31). The number of oxazole rings is 1. The van der Waals surface area contributed by atoms with Crippen molar-refractivity contribution in [2.75, 3.05) is 31.5 Å². The second-order valence-electron chi connectivity index (χ2n) is 8.38. The number of aromatic nitrogens is 1. The number of anilines is 3. The summed E-state index contributed by atoms with van der Waals surface area (Å²) in [5.41, 5.74) is 4.64. The van der Waals surface area contributed by atoms with E-state index in [1.54, 1.807) is 18.2 Å². The smallest absolute Gasteiger partial charge is 0.305 e. The number of hydrogen-bond acceptors (Lipinski definition) is 8. The van der Waals surface area contributed by atoms with Crippen LogP contribution in [0.2, 0.25) is 0 Å². The van der Waals surface area contributed by atoms with Crippen molar-refractivity contribution in [2.45, 2.75) is 26.2 Å². The number of fused-ring (bicyclic) bond motifs is 1. The van der Waals surface area contributed by atoms with Gasteiger partial charge in [0.2, 0.25) is 5.91 Å². The van der Waals surface area contributed by atoms with Crippen LogP contribution in [0.4, 0.5) is 17.4 Å². The number of rotatable bonds is 11. The first-order valence-electron chi connectivity index (χ1n) is 11.8. The van der Waals surface area contributed by atoms with Crippen molar-refractivity contribution in [2.24, 2.45) is 0 Å². The minimum atomic E-state index is -0.293.